The molecule has 21 heavy (non-hydrogen) atoms. The van der Waals surface area contributed by atoms with Crippen LogP contribution in [0, 0.1) is 6.92 Å². The van der Waals surface area contributed by atoms with E-state index in [4.69, 9.17) is 16.0 Å². The summed E-state index contributed by atoms with van der Waals surface area (Å²) in [4.78, 5) is 20.3. The van der Waals surface area contributed by atoms with Crippen LogP contribution in [0.3, 0.4) is 0 Å². The van der Waals surface area contributed by atoms with Gasteiger partial charge in [0.2, 0.25) is 0 Å². The molecule has 7 heteroatoms. The Bertz CT molecular complexity index is 780. The van der Waals surface area contributed by atoms with Crippen molar-refractivity contribution < 1.29 is 9.21 Å². The molecule has 3 aromatic rings. The van der Waals surface area contributed by atoms with Crippen LogP contribution in [-0.2, 0) is 0 Å². The molecule has 0 radical (unpaired) electrons. The molecule has 0 aromatic carbocycles. The van der Waals surface area contributed by atoms with Crippen LogP contribution < -0.4 is 5.32 Å². The third-order valence-corrected chi connectivity index (χ3v) is 3.74. The Hall–Kier alpha value is -2.18. The van der Waals surface area contributed by atoms with Crippen molar-refractivity contribution >= 4 is 34.7 Å². The monoisotopic (exact) mass is 319 g/mol. The van der Waals surface area contributed by atoms with Crippen LogP contribution in [-0.4, -0.2) is 15.9 Å². The number of hydrogen-bond donors (Lipinski definition) is 1. The van der Waals surface area contributed by atoms with Gasteiger partial charge >= 0.3 is 0 Å². The number of hydrogen-bond acceptors (Lipinski definition) is 5. The van der Waals surface area contributed by atoms with Gasteiger partial charge in [-0.05, 0) is 31.2 Å². The minimum atomic E-state index is -0.324. The molecule has 1 amide bonds. The summed E-state index contributed by atoms with van der Waals surface area (Å²) >= 11 is 7.09. The number of anilines is 1. The maximum atomic E-state index is 12.1. The summed E-state index contributed by atoms with van der Waals surface area (Å²) in [5.41, 5.74) is 0.320. The fraction of sp³-hybridized carbons (Fsp3) is 0.0714. The van der Waals surface area contributed by atoms with Crippen LogP contribution in [0.25, 0.3) is 10.8 Å². The van der Waals surface area contributed by atoms with Gasteiger partial charge in [0.05, 0.1) is 5.02 Å². The first-order chi connectivity index (χ1) is 10.1. The molecule has 0 aliphatic carbocycles. The van der Waals surface area contributed by atoms with Crippen molar-refractivity contribution in [2.75, 3.05) is 5.32 Å². The third kappa shape index (κ3) is 3.12. The average molecular weight is 320 g/mol. The van der Waals surface area contributed by atoms with E-state index in [0.717, 1.165) is 5.76 Å². The second-order valence-electron chi connectivity index (χ2n) is 4.26. The third-order valence-electron chi connectivity index (χ3n) is 2.66. The molecule has 0 spiro atoms. The average Bonchev–Trinajstić information content (AvgIpc) is 3.10. The first kappa shape index (κ1) is 13.8. The Morgan fingerprint density at radius 1 is 1.33 bits per heavy atom. The Kier molecular flexibility index (Phi) is 3.72. The number of aromatic nitrogens is 2. The van der Waals surface area contributed by atoms with E-state index in [9.17, 15) is 4.79 Å². The summed E-state index contributed by atoms with van der Waals surface area (Å²) in [5.74, 6) is 1.56. The molecule has 3 aromatic heterocycles. The number of nitrogens with one attached hydrogen (secondary N) is 1. The molecule has 3 rings (SSSR count). The van der Waals surface area contributed by atoms with Gasteiger partial charge in [-0.1, -0.05) is 11.6 Å². The number of pyridine rings is 1. The zero-order valence-electron chi connectivity index (χ0n) is 11.0. The molecular weight excluding hydrogens is 310 g/mol. The number of furan rings is 1. The lowest BCUT2D eigenvalue weighted by atomic mass is 10.4. The van der Waals surface area contributed by atoms with Crippen LogP contribution >= 0.6 is 22.9 Å². The quantitative estimate of drug-likeness (QED) is 0.792. The Morgan fingerprint density at radius 2 is 2.19 bits per heavy atom. The second kappa shape index (κ2) is 5.67. The molecule has 0 bridgehead atoms. The zero-order chi connectivity index (χ0) is 14.8. The van der Waals surface area contributed by atoms with Crippen LogP contribution in [0.2, 0.25) is 5.02 Å². The molecule has 0 aliphatic rings. The summed E-state index contributed by atoms with van der Waals surface area (Å²) in [6.45, 7) is 1.86. The van der Waals surface area contributed by atoms with Crippen molar-refractivity contribution in [1.29, 1.82) is 0 Å². The summed E-state index contributed by atoms with van der Waals surface area (Å²) in [7, 11) is 0. The van der Waals surface area contributed by atoms with Crippen LogP contribution in [0.15, 0.2) is 40.3 Å². The summed E-state index contributed by atoms with van der Waals surface area (Å²) in [6.07, 6.45) is 1.47. The van der Waals surface area contributed by atoms with E-state index in [2.05, 4.69) is 15.3 Å². The fourth-order valence-electron chi connectivity index (χ4n) is 1.67. The normalized spacial score (nSPS) is 10.6. The van der Waals surface area contributed by atoms with Crippen LogP contribution in [0.1, 0.15) is 16.2 Å². The van der Waals surface area contributed by atoms with E-state index in [-0.39, 0.29) is 5.91 Å². The lowest BCUT2D eigenvalue weighted by molar-refractivity contribution is 0.102. The van der Waals surface area contributed by atoms with Gasteiger partial charge in [-0.2, -0.15) is 0 Å². The first-order valence-electron chi connectivity index (χ1n) is 6.07. The van der Waals surface area contributed by atoms with Gasteiger partial charge in [0, 0.05) is 11.6 Å². The van der Waals surface area contributed by atoms with E-state index in [1.807, 2.05) is 19.1 Å². The standard InChI is InChI=1S/C14H10ClN3O2S/c1-8-2-4-11(20-8)14-17-10(7-21-14)13(19)18-12-5-3-9(15)6-16-12/h2-7H,1H3,(H,16,18,19). The zero-order valence-corrected chi connectivity index (χ0v) is 12.5. The highest BCUT2D eigenvalue weighted by atomic mass is 35.5. The molecular formula is C14H10ClN3O2S. The molecule has 0 unspecified atom stereocenters. The van der Waals surface area contributed by atoms with Gasteiger partial charge in [0.25, 0.3) is 5.91 Å². The Morgan fingerprint density at radius 3 is 2.86 bits per heavy atom. The van der Waals surface area contributed by atoms with Gasteiger partial charge in [-0.25, -0.2) is 9.97 Å². The number of nitrogens with zero attached hydrogens (tertiary/aromatic N) is 2. The molecule has 1 N–H and O–H groups in total. The number of aryl methyl sites for hydroxylation is 1. The van der Waals surface area contributed by atoms with E-state index < -0.39 is 0 Å². The maximum Gasteiger partial charge on any atom is 0.276 e. The first-order valence-corrected chi connectivity index (χ1v) is 7.33. The van der Waals surface area contributed by atoms with Gasteiger partial charge in [-0.3, -0.25) is 4.79 Å². The molecule has 3 heterocycles. The molecule has 0 saturated heterocycles. The van der Waals surface area contributed by atoms with E-state index in [1.165, 1.54) is 17.5 Å². The van der Waals surface area contributed by atoms with E-state index in [0.29, 0.717) is 27.3 Å². The second-order valence-corrected chi connectivity index (χ2v) is 5.56. The fourth-order valence-corrected chi connectivity index (χ4v) is 2.54. The number of amides is 1. The number of halogens is 1. The Labute approximate surface area is 129 Å². The van der Waals surface area contributed by atoms with Gasteiger partial charge in [0.15, 0.2) is 10.8 Å². The number of carbonyl (C=O) groups excluding carboxylic acids is 1. The SMILES string of the molecule is Cc1ccc(-c2nc(C(=O)Nc3ccc(Cl)cn3)cs2)o1. The maximum absolute atomic E-state index is 12.1. The highest BCUT2D eigenvalue weighted by Crippen LogP contribution is 2.25. The summed E-state index contributed by atoms with van der Waals surface area (Å²) in [5, 5.41) is 5.51. The number of carbonyl (C=O) groups is 1. The highest BCUT2D eigenvalue weighted by Gasteiger charge is 2.14. The predicted molar refractivity (Wildman–Crippen MR) is 81.8 cm³/mol. The minimum absolute atomic E-state index is 0.320. The number of thiazole rings is 1. The minimum Gasteiger partial charge on any atom is -0.459 e. The molecule has 0 fully saturated rings. The lowest BCUT2D eigenvalue weighted by Gasteiger charge is -2.01. The molecule has 0 aliphatic heterocycles. The van der Waals surface area contributed by atoms with Crippen molar-refractivity contribution in [3.63, 3.8) is 0 Å². The molecule has 106 valence electrons. The van der Waals surface area contributed by atoms with Gasteiger partial charge in [0.1, 0.15) is 17.3 Å². The van der Waals surface area contributed by atoms with E-state index >= 15 is 0 Å². The van der Waals surface area contributed by atoms with Crippen molar-refractivity contribution in [1.82, 2.24) is 9.97 Å². The van der Waals surface area contributed by atoms with Gasteiger partial charge in [-0.15, -0.1) is 11.3 Å². The van der Waals surface area contributed by atoms with Crippen molar-refractivity contribution in [3.8, 4) is 10.8 Å². The summed E-state index contributed by atoms with van der Waals surface area (Å²) < 4.78 is 5.48. The molecule has 0 saturated carbocycles. The van der Waals surface area contributed by atoms with Crippen molar-refractivity contribution in [3.05, 3.63) is 52.3 Å². The number of rotatable bonds is 3. The highest BCUT2D eigenvalue weighted by molar-refractivity contribution is 7.13. The van der Waals surface area contributed by atoms with Gasteiger partial charge < -0.3 is 9.73 Å². The van der Waals surface area contributed by atoms with Crippen LogP contribution in [0.5, 0.6) is 0 Å². The molecule has 5 nitrogen and oxygen atoms in total. The van der Waals surface area contributed by atoms with Crippen LogP contribution in [0.4, 0.5) is 5.82 Å². The summed E-state index contributed by atoms with van der Waals surface area (Å²) in [6, 6.07) is 6.97. The molecule has 0 atom stereocenters. The van der Waals surface area contributed by atoms with Crippen molar-refractivity contribution in [2.24, 2.45) is 0 Å². The Balaban J connectivity index is 1.76. The van der Waals surface area contributed by atoms with E-state index in [1.54, 1.807) is 17.5 Å². The topological polar surface area (TPSA) is 68.0 Å². The largest absolute Gasteiger partial charge is 0.459 e. The lowest BCUT2D eigenvalue weighted by Crippen LogP contribution is -2.13. The predicted octanol–water partition coefficient (Wildman–Crippen LogP) is 4.01. The smallest absolute Gasteiger partial charge is 0.276 e. The van der Waals surface area contributed by atoms with Crippen molar-refractivity contribution in [2.45, 2.75) is 6.92 Å².